The SMILES string of the molecule is O=C(Cn1c(=O)oc2ccccc21)OC(C(=O)Nc1ccc(Cl)c([N+](=O)[O-])c1)c1ccccc1. The maximum Gasteiger partial charge on any atom is 0.420 e. The first-order chi connectivity index (χ1) is 16.3. The van der Waals surface area contributed by atoms with Gasteiger partial charge in [0, 0.05) is 17.3 Å². The zero-order valence-electron chi connectivity index (χ0n) is 17.3. The van der Waals surface area contributed by atoms with E-state index in [1.807, 2.05) is 0 Å². The normalized spacial score (nSPS) is 11.7. The molecule has 0 radical (unpaired) electrons. The van der Waals surface area contributed by atoms with Crippen LogP contribution in [0.5, 0.6) is 0 Å². The molecule has 0 saturated carbocycles. The Bertz CT molecular complexity index is 1450. The molecule has 0 aliphatic heterocycles. The van der Waals surface area contributed by atoms with E-state index in [9.17, 15) is 24.5 Å². The predicted octanol–water partition coefficient (Wildman–Crippen LogP) is 4.08. The first kappa shape index (κ1) is 22.7. The van der Waals surface area contributed by atoms with Crippen LogP contribution in [0.2, 0.25) is 5.02 Å². The van der Waals surface area contributed by atoms with Gasteiger partial charge >= 0.3 is 11.7 Å². The summed E-state index contributed by atoms with van der Waals surface area (Å²) in [5.41, 5.74) is 0.774. The fourth-order valence-corrected chi connectivity index (χ4v) is 3.49. The number of anilines is 1. The summed E-state index contributed by atoms with van der Waals surface area (Å²) in [6, 6.07) is 18.5. The van der Waals surface area contributed by atoms with Gasteiger partial charge in [-0.1, -0.05) is 54.1 Å². The lowest BCUT2D eigenvalue weighted by molar-refractivity contribution is -0.384. The number of ether oxygens (including phenoxy) is 1. The highest BCUT2D eigenvalue weighted by atomic mass is 35.5. The highest BCUT2D eigenvalue weighted by Gasteiger charge is 2.27. The van der Waals surface area contributed by atoms with E-state index < -0.39 is 35.2 Å². The predicted molar refractivity (Wildman–Crippen MR) is 122 cm³/mol. The zero-order valence-corrected chi connectivity index (χ0v) is 18.1. The highest BCUT2D eigenvalue weighted by molar-refractivity contribution is 6.32. The number of nitrogens with one attached hydrogen (secondary N) is 1. The van der Waals surface area contributed by atoms with E-state index in [0.29, 0.717) is 16.7 Å². The third kappa shape index (κ3) is 4.81. The van der Waals surface area contributed by atoms with Crippen molar-refractivity contribution in [3.8, 4) is 0 Å². The van der Waals surface area contributed by atoms with Gasteiger partial charge in [-0.15, -0.1) is 0 Å². The van der Waals surface area contributed by atoms with E-state index in [4.69, 9.17) is 20.8 Å². The molecule has 4 aromatic rings. The molecule has 4 rings (SSSR count). The van der Waals surface area contributed by atoms with E-state index in [0.717, 1.165) is 10.6 Å². The topological polar surface area (TPSA) is 134 Å². The summed E-state index contributed by atoms with van der Waals surface area (Å²) in [7, 11) is 0. The van der Waals surface area contributed by atoms with Crippen LogP contribution in [0.3, 0.4) is 0 Å². The summed E-state index contributed by atoms with van der Waals surface area (Å²) >= 11 is 5.82. The average molecular weight is 482 g/mol. The molecule has 0 saturated heterocycles. The van der Waals surface area contributed by atoms with Crippen molar-refractivity contribution in [1.29, 1.82) is 0 Å². The number of esters is 1. The fourth-order valence-electron chi connectivity index (χ4n) is 3.30. The number of aromatic nitrogens is 1. The number of benzene rings is 3. The molecule has 0 bridgehead atoms. The maximum absolute atomic E-state index is 13.0. The quantitative estimate of drug-likeness (QED) is 0.239. The Morgan fingerprint density at radius 1 is 1.09 bits per heavy atom. The van der Waals surface area contributed by atoms with Gasteiger partial charge in [0.2, 0.25) is 6.10 Å². The number of nitrogens with zero attached hydrogens (tertiary/aromatic N) is 2. The van der Waals surface area contributed by atoms with Crippen molar-refractivity contribution in [3.05, 3.63) is 104 Å². The third-order valence-corrected chi connectivity index (χ3v) is 5.18. The maximum atomic E-state index is 13.0. The summed E-state index contributed by atoms with van der Waals surface area (Å²) in [5.74, 6) is -2.35. The monoisotopic (exact) mass is 481 g/mol. The van der Waals surface area contributed by atoms with Crippen LogP contribution < -0.4 is 11.1 Å². The van der Waals surface area contributed by atoms with Crippen LogP contribution >= 0.6 is 11.6 Å². The molecule has 1 N–H and O–H groups in total. The van der Waals surface area contributed by atoms with Crippen molar-refractivity contribution in [3.63, 3.8) is 0 Å². The van der Waals surface area contributed by atoms with Gasteiger partial charge in [0.05, 0.1) is 10.4 Å². The third-order valence-electron chi connectivity index (χ3n) is 4.86. The number of carbonyl (C=O) groups excluding carboxylic acids is 2. The standard InChI is InChI=1S/C23H16ClN3O7/c24-16-11-10-15(12-18(16)27(31)32)25-22(29)21(14-6-2-1-3-7-14)34-20(28)13-26-17-8-4-5-9-19(17)33-23(26)30/h1-12,21H,13H2,(H,25,29). The number of amides is 1. The lowest BCUT2D eigenvalue weighted by atomic mass is 10.1. The van der Waals surface area contributed by atoms with Crippen molar-refractivity contribution in [2.24, 2.45) is 0 Å². The number of rotatable bonds is 7. The fraction of sp³-hybridized carbons (Fsp3) is 0.0870. The Labute approximate surface area is 196 Å². The molecule has 34 heavy (non-hydrogen) atoms. The molecule has 1 unspecified atom stereocenters. The number of hydrogen-bond acceptors (Lipinski definition) is 7. The van der Waals surface area contributed by atoms with Crippen LogP contribution in [-0.2, 0) is 20.9 Å². The molecule has 0 fully saturated rings. The van der Waals surface area contributed by atoms with Crippen LogP contribution in [-0.4, -0.2) is 21.4 Å². The smallest absolute Gasteiger partial charge is 0.420 e. The summed E-state index contributed by atoms with van der Waals surface area (Å²) in [6.07, 6.45) is -1.39. The van der Waals surface area contributed by atoms with Crippen molar-refractivity contribution in [1.82, 2.24) is 4.57 Å². The minimum atomic E-state index is -1.39. The molecular weight excluding hydrogens is 466 g/mol. The second-order valence-electron chi connectivity index (χ2n) is 7.11. The lowest BCUT2D eigenvalue weighted by Gasteiger charge is -2.18. The van der Waals surface area contributed by atoms with Gasteiger partial charge in [-0.3, -0.25) is 24.3 Å². The number of oxazole rings is 1. The largest absolute Gasteiger partial charge is 0.446 e. The van der Waals surface area contributed by atoms with E-state index in [-0.39, 0.29) is 16.4 Å². The van der Waals surface area contributed by atoms with Crippen LogP contribution in [0.25, 0.3) is 11.1 Å². The minimum absolute atomic E-state index is 0.0909. The van der Waals surface area contributed by atoms with Crippen LogP contribution in [0, 0.1) is 10.1 Å². The van der Waals surface area contributed by atoms with Gasteiger partial charge in [0.1, 0.15) is 11.6 Å². The average Bonchev–Trinajstić information content (AvgIpc) is 3.14. The molecule has 10 nitrogen and oxygen atoms in total. The number of nitro benzene ring substituents is 1. The summed E-state index contributed by atoms with van der Waals surface area (Å²) in [4.78, 5) is 48.4. The molecule has 172 valence electrons. The van der Waals surface area contributed by atoms with Crippen LogP contribution in [0.1, 0.15) is 11.7 Å². The number of para-hydroxylation sites is 2. The number of nitro groups is 1. The molecule has 11 heteroatoms. The molecule has 0 aliphatic carbocycles. The van der Waals surface area contributed by atoms with Crippen molar-refractivity contribution in [2.75, 3.05) is 5.32 Å². The van der Waals surface area contributed by atoms with Crippen molar-refractivity contribution >= 4 is 46.0 Å². The van der Waals surface area contributed by atoms with Crippen molar-refractivity contribution < 1.29 is 23.7 Å². The molecule has 3 aromatic carbocycles. The zero-order chi connectivity index (χ0) is 24.2. The molecule has 1 atom stereocenters. The second kappa shape index (κ2) is 9.59. The van der Waals surface area contributed by atoms with Gasteiger partial charge in [-0.05, 0) is 24.3 Å². The Morgan fingerprint density at radius 3 is 2.53 bits per heavy atom. The molecule has 1 aromatic heterocycles. The Kier molecular flexibility index (Phi) is 6.42. The van der Waals surface area contributed by atoms with Gasteiger partial charge in [-0.25, -0.2) is 4.79 Å². The van der Waals surface area contributed by atoms with Gasteiger partial charge in [0.15, 0.2) is 5.58 Å². The van der Waals surface area contributed by atoms with E-state index in [1.165, 1.54) is 12.1 Å². The molecule has 0 aliphatic rings. The Morgan fingerprint density at radius 2 is 1.79 bits per heavy atom. The first-order valence-corrected chi connectivity index (χ1v) is 10.3. The Balaban J connectivity index is 1.58. The molecule has 1 heterocycles. The Hall–Kier alpha value is -4.44. The summed E-state index contributed by atoms with van der Waals surface area (Å²) < 4.78 is 11.6. The summed E-state index contributed by atoms with van der Waals surface area (Å²) in [5, 5.41) is 13.5. The van der Waals surface area contributed by atoms with Gasteiger partial charge in [0.25, 0.3) is 11.6 Å². The lowest BCUT2D eigenvalue weighted by Crippen LogP contribution is -2.29. The molecular formula is C23H16ClN3O7. The summed E-state index contributed by atoms with van der Waals surface area (Å²) in [6.45, 7) is -0.487. The molecule has 1 amide bonds. The van der Waals surface area contributed by atoms with Gasteiger partial charge < -0.3 is 14.5 Å². The van der Waals surface area contributed by atoms with Gasteiger partial charge in [-0.2, -0.15) is 0 Å². The van der Waals surface area contributed by atoms with E-state index >= 15 is 0 Å². The van der Waals surface area contributed by atoms with E-state index in [1.54, 1.807) is 54.6 Å². The number of hydrogen-bond donors (Lipinski definition) is 1. The number of carbonyl (C=O) groups is 2. The molecule has 0 spiro atoms. The van der Waals surface area contributed by atoms with Crippen molar-refractivity contribution in [2.45, 2.75) is 12.6 Å². The highest BCUT2D eigenvalue weighted by Crippen LogP contribution is 2.28. The van der Waals surface area contributed by atoms with E-state index in [2.05, 4.69) is 5.32 Å². The minimum Gasteiger partial charge on any atom is -0.446 e. The van der Waals surface area contributed by atoms with Crippen LogP contribution in [0.15, 0.2) is 82.0 Å². The number of fused-ring (bicyclic) bond motifs is 1. The van der Waals surface area contributed by atoms with Crippen LogP contribution in [0.4, 0.5) is 11.4 Å². The number of halogens is 1. The first-order valence-electron chi connectivity index (χ1n) is 9.91. The second-order valence-corrected chi connectivity index (χ2v) is 7.52.